The molecule has 0 heterocycles. The van der Waals surface area contributed by atoms with E-state index in [2.05, 4.69) is 82.0 Å². The third-order valence-electron chi connectivity index (χ3n) is 6.14. The molecule has 2 nitrogen and oxygen atoms in total. The largest absolute Gasteiger partial charge is 0.398 e. The van der Waals surface area contributed by atoms with Crippen LogP contribution in [0, 0.1) is 34.8 Å². The van der Waals surface area contributed by atoms with E-state index in [4.69, 9.17) is 4.84 Å². The lowest BCUT2D eigenvalue weighted by atomic mass is 9.99. The highest BCUT2D eigenvalue weighted by atomic mass is 28.3. The molecule has 184 valence electrons. The van der Waals surface area contributed by atoms with E-state index in [1.807, 2.05) is 0 Å². The average Bonchev–Trinajstić information content (AvgIpc) is 2.72. The Morgan fingerprint density at radius 1 is 0.688 bits per heavy atom. The molecule has 0 rings (SSSR count). The standard InChI is InChI=1S/C28H53NOSi2/c1-10-14-18-26(16-12-3)24-31(6,7)22-20-28(29-30-5)21-23-32(8,9)25-27(17-13-4)19-15-11-2/h26-27H,10-19,24-25H2,1-9H3. The molecule has 4 heteroatoms. The summed E-state index contributed by atoms with van der Waals surface area (Å²) in [5, 5.41) is 4.17. The Hall–Kier alpha value is -0.976. The first-order valence-corrected chi connectivity index (χ1v) is 19.7. The second-order valence-corrected chi connectivity index (χ2v) is 19.7. The molecule has 0 fully saturated rings. The maximum atomic E-state index is 5.09. The molecule has 0 radical (unpaired) electrons. The molecule has 0 bridgehead atoms. The summed E-state index contributed by atoms with van der Waals surface area (Å²) in [4.78, 5) is 5.09. The highest BCUT2D eigenvalue weighted by molar-refractivity contribution is 6.86. The van der Waals surface area contributed by atoms with E-state index in [9.17, 15) is 0 Å². The summed E-state index contributed by atoms with van der Waals surface area (Å²) in [6.45, 7) is 18.8. The Kier molecular flexibility index (Phi) is 17.0. The van der Waals surface area contributed by atoms with Crippen molar-refractivity contribution in [2.45, 2.75) is 130 Å². The van der Waals surface area contributed by atoms with Crippen LogP contribution in [0.15, 0.2) is 5.16 Å². The summed E-state index contributed by atoms with van der Waals surface area (Å²) in [5.41, 5.74) is 7.87. The van der Waals surface area contributed by atoms with Crippen LogP contribution in [0.4, 0.5) is 0 Å². The first kappa shape index (κ1) is 31.0. The predicted molar refractivity (Wildman–Crippen MR) is 150 cm³/mol. The minimum Gasteiger partial charge on any atom is -0.398 e. The summed E-state index contributed by atoms with van der Waals surface area (Å²) >= 11 is 0. The predicted octanol–water partition coefficient (Wildman–Crippen LogP) is 8.70. The lowest BCUT2D eigenvalue weighted by Crippen LogP contribution is -2.28. The van der Waals surface area contributed by atoms with Crippen LogP contribution in [0.5, 0.6) is 0 Å². The molecule has 0 aromatic heterocycles. The highest BCUT2D eigenvalue weighted by Gasteiger charge is 2.24. The molecule has 0 spiro atoms. The zero-order valence-corrected chi connectivity index (χ0v) is 25.0. The van der Waals surface area contributed by atoms with Crippen molar-refractivity contribution in [3.8, 4) is 22.9 Å². The first-order chi connectivity index (χ1) is 15.1. The second kappa shape index (κ2) is 17.5. The molecule has 0 saturated heterocycles. The summed E-state index contributed by atoms with van der Waals surface area (Å²) in [6.07, 6.45) is 13.1. The van der Waals surface area contributed by atoms with Crippen LogP contribution in [0.25, 0.3) is 0 Å². The number of hydrogen-bond donors (Lipinski definition) is 0. The van der Waals surface area contributed by atoms with Crippen molar-refractivity contribution in [3.05, 3.63) is 0 Å². The Bertz CT molecular complexity index is 594. The lowest BCUT2D eigenvalue weighted by Gasteiger charge is -2.23. The third kappa shape index (κ3) is 15.8. The van der Waals surface area contributed by atoms with Crippen molar-refractivity contribution in [2.24, 2.45) is 17.0 Å². The van der Waals surface area contributed by atoms with E-state index in [0.29, 0.717) is 5.71 Å². The van der Waals surface area contributed by atoms with Gasteiger partial charge in [-0.25, -0.2) is 0 Å². The number of hydrogen-bond acceptors (Lipinski definition) is 2. The quantitative estimate of drug-likeness (QED) is 0.100. The van der Waals surface area contributed by atoms with E-state index in [1.54, 1.807) is 7.11 Å². The van der Waals surface area contributed by atoms with E-state index in [1.165, 1.54) is 76.3 Å². The molecular formula is C28H53NOSi2. The van der Waals surface area contributed by atoms with Gasteiger partial charge in [0.05, 0.1) is 0 Å². The molecule has 0 aliphatic rings. The molecule has 2 atom stereocenters. The van der Waals surface area contributed by atoms with Gasteiger partial charge >= 0.3 is 0 Å². The molecule has 0 aliphatic heterocycles. The molecule has 0 aromatic rings. The molecular weight excluding hydrogens is 422 g/mol. The van der Waals surface area contributed by atoms with Gasteiger partial charge in [0.2, 0.25) is 5.71 Å². The highest BCUT2D eigenvalue weighted by Crippen LogP contribution is 2.26. The van der Waals surface area contributed by atoms with Gasteiger partial charge in [-0.3, -0.25) is 0 Å². The van der Waals surface area contributed by atoms with Crippen LogP contribution in [0.3, 0.4) is 0 Å². The minimum absolute atomic E-state index is 0.620. The zero-order chi connectivity index (χ0) is 24.5. The topological polar surface area (TPSA) is 21.6 Å². The second-order valence-electron chi connectivity index (χ2n) is 10.9. The van der Waals surface area contributed by atoms with Crippen molar-refractivity contribution >= 4 is 21.9 Å². The smallest absolute Gasteiger partial charge is 0.201 e. The fourth-order valence-corrected chi connectivity index (χ4v) is 9.49. The molecule has 0 aliphatic carbocycles. The Morgan fingerprint density at radius 3 is 1.41 bits per heavy atom. The summed E-state index contributed by atoms with van der Waals surface area (Å²) in [7, 11) is -1.66. The van der Waals surface area contributed by atoms with E-state index in [0.717, 1.165) is 11.8 Å². The monoisotopic (exact) mass is 475 g/mol. The lowest BCUT2D eigenvalue weighted by molar-refractivity contribution is 0.214. The van der Waals surface area contributed by atoms with Crippen LogP contribution in [0.1, 0.15) is 91.9 Å². The number of nitrogens with zero attached hydrogens (tertiary/aromatic N) is 1. The van der Waals surface area contributed by atoms with Crippen LogP contribution in [0.2, 0.25) is 38.3 Å². The van der Waals surface area contributed by atoms with Crippen molar-refractivity contribution < 1.29 is 4.84 Å². The average molecular weight is 476 g/mol. The fraction of sp³-hybridized carbons (Fsp3) is 0.821. The summed E-state index contributed by atoms with van der Waals surface area (Å²) < 4.78 is 0. The van der Waals surface area contributed by atoms with E-state index >= 15 is 0 Å². The summed E-state index contributed by atoms with van der Waals surface area (Å²) in [6, 6.07) is 2.55. The molecule has 0 saturated carbocycles. The molecule has 0 amide bonds. The number of oxime groups is 1. The zero-order valence-electron chi connectivity index (χ0n) is 23.0. The minimum atomic E-state index is -1.63. The van der Waals surface area contributed by atoms with Gasteiger partial charge in [-0.05, 0) is 35.8 Å². The van der Waals surface area contributed by atoms with Crippen molar-refractivity contribution in [3.63, 3.8) is 0 Å². The molecule has 0 N–H and O–H groups in total. The number of rotatable bonds is 15. The third-order valence-corrected chi connectivity index (χ3v) is 10.9. The van der Waals surface area contributed by atoms with Gasteiger partial charge in [0.1, 0.15) is 23.3 Å². The van der Waals surface area contributed by atoms with Crippen molar-refractivity contribution in [1.29, 1.82) is 0 Å². The first-order valence-electron chi connectivity index (χ1n) is 13.3. The van der Waals surface area contributed by atoms with Gasteiger partial charge in [0.15, 0.2) is 0 Å². The molecule has 0 aromatic carbocycles. The normalized spacial score (nSPS) is 13.3. The Morgan fingerprint density at radius 2 is 1.09 bits per heavy atom. The van der Waals surface area contributed by atoms with Crippen LogP contribution in [-0.2, 0) is 4.84 Å². The fourth-order valence-electron chi connectivity index (χ4n) is 4.67. The Balaban J connectivity index is 5.37. The molecule has 2 unspecified atom stereocenters. The SMILES string of the molecule is CCCCC(CCC)C[Si](C)(C)C#CC(C#C[Si](C)(C)CC(CCC)CCCC)=NOC. The van der Waals surface area contributed by atoms with Crippen LogP contribution in [-0.4, -0.2) is 29.0 Å². The van der Waals surface area contributed by atoms with Gasteiger partial charge in [0, 0.05) is 0 Å². The maximum Gasteiger partial charge on any atom is 0.201 e. The van der Waals surface area contributed by atoms with Gasteiger partial charge in [-0.15, -0.1) is 11.1 Å². The van der Waals surface area contributed by atoms with Gasteiger partial charge in [-0.2, -0.15) is 0 Å². The van der Waals surface area contributed by atoms with Crippen LogP contribution < -0.4 is 0 Å². The maximum absolute atomic E-state index is 5.09. The molecule has 32 heavy (non-hydrogen) atoms. The Labute approximate surface area is 203 Å². The van der Waals surface area contributed by atoms with Gasteiger partial charge in [0.25, 0.3) is 0 Å². The van der Waals surface area contributed by atoms with Gasteiger partial charge in [-0.1, -0.05) is 123 Å². The van der Waals surface area contributed by atoms with E-state index in [-0.39, 0.29) is 0 Å². The van der Waals surface area contributed by atoms with Gasteiger partial charge < -0.3 is 4.84 Å². The van der Waals surface area contributed by atoms with Crippen LogP contribution >= 0.6 is 0 Å². The summed E-state index contributed by atoms with van der Waals surface area (Å²) in [5.74, 6) is 8.30. The van der Waals surface area contributed by atoms with E-state index < -0.39 is 16.1 Å². The van der Waals surface area contributed by atoms with Crippen molar-refractivity contribution in [2.75, 3.05) is 7.11 Å². The number of unbranched alkanes of at least 4 members (excludes halogenated alkanes) is 2. The van der Waals surface area contributed by atoms with Crippen molar-refractivity contribution in [1.82, 2.24) is 0 Å².